The van der Waals surface area contributed by atoms with E-state index in [-0.39, 0.29) is 0 Å². The van der Waals surface area contributed by atoms with Crippen LogP contribution < -0.4 is 5.32 Å². The molecule has 0 aromatic carbocycles. The highest BCUT2D eigenvalue weighted by Gasteiger charge is 2.24. The third-order valence-electron chi connectivity index (χ3n) is 4.95. The molecule has 4 unspecified atom stereocenters. The molecule has 0 spiro atoms. The maximum Gasteiger partial charge on any atom is 0.00670 e. The van der Waals surface area contributed by atoms with Gasteiger partial charge < -0.3 is 5.32 Å². The Balaban J connectivity index is 2.24. The molecule has 1 fully saturated rings. The molecule has 108 valence electrons. The summed E-state index contributed by atoms with van der Waals surface area (Å²) in [6, 6.07) is 0.782. The Hall–Kier alpha value is -0.0400. The van der Waals surface area contributed by atoms with Gasteiger partial charge in [0.15, 0.2) is 0 Å². The van der Waals surface area contributed by atoms with E-state index in [1.807, 2.05) is 0 Å². The van der Waals surface area contributed by atoms with Crippen LogP contribution in [-0.4, -0.2) is 12.6 Å². The van der Waals surface area contributed by atoms with E-state index in [2.05, 4.69) is 33.0 Å². The smallest absolute Gasteiger partial charge is 0.00670 e. The summed E-state index contributed by atoms with van der Waals surface area (Å²) in [6.07, 6.45) is 11.2. The van der Waals surface area contributed by atoms with Gasteiger partial charge in [-0.1, -0.05) is 47.0 Å². The van der Waals surface area contributed by atoms with Gasteiger partial charge in [0.25, 0.3) is 0 Å². The monoisotopic (exact) mass is 253 g/mol. The SMILES string of the molecule is CCCNC(CCC)CCC1CCC(C)C(C)C1. The van der Waals surface area contributed by atoms with Crippen LogP contribution in [0.5, 0.6) is 0 Å². The molecule has 18 heavy (non-hydrogen) atoms. The summed E-state index contributed by atoms with van der Waals surface area (Å²) < 4.78 is 0. The minimum Gasteiger partial charge on any atom is -0.314 e. The van der Waals surface area contributed by atoms with Gasteiger partial charge in [-0.3, -0.25) is 0 Å². The summed E-state index contributed by atoms with van der Waals surface area (Å²) in [6.45, 7) is 10.7. The Bertz CT molecular complexity index is 198. The summed E-state index contributed by atoms with van der Waals surface area (Å²) in [5, 5.41) is 3.73. The van der Waals surface area contributed by atoms with E-state index >= 15 is 0 Å². The van der Waals surface area contributed by atoms with Crippen LogP contribution in [0.15, 0.2) is 0 Å². The highest BCUT2D eigenvalue weighted by molar-refractivity contribution is 4.77. The van der Waals surface area contributed by atoms with E-state index in [1.165, 1.54) is 57.9 Å². The molecule has 0 saturated heterocycles. The lowest BCUT2D eigenvalue weighted by atomic mass is 9.74. The zero-order valence-electron chi connectivity index (χ0n) is 13.2. The first kappa shape index (κ1) is 16.0. The Morgan fingerprint density at radius 3 is 2.39 bits per heavy atom. The summed E-state index contributed by atoms with van der Waals surface area (Å²) >= 11 is 0. The maximum absolute atomic E-state index is 3.73. The lowest BCUT2D eigenvalue weighted by Crippen LogP contribution is -2.31. The molecule has 1 aliphatic rings. The molecule has 1 N–H and O–H groups in total. The summed E-state index contributed by atoms with van der Waals surface area (Å²) in [5.41, 5.74) is 0. The van der Waals surface area contributed by atoms with Crippen molar-refractivity contribution in [3.8, 4) is 0 Å². The molecule has 1 nitrogen and oxygen atoms in total. The van der Waals surface area contributed by atoms with E-state index < -0.39 is 0 Å². The quantitative estimate of drug-likeness (QED) is 0.641. The highest BCUT2D eigenvalue weighted by atomic mass is 14.9. The zero-order chi connectivity index (χ0) is 13.4. The second-order valence-corrected chi connectivity index (χ2v) is 6.65. The van der Waals surface area contributed by atoms with Gasteiger partial charge in [0.1, 0.15) is 0 Å². The van der Waals surface area contributed by atoms with Crippen LogP contribution in [-0.2, 0) is 0 Å². The molecule has 1 aliphatic carbocycles. The molecule has 0 bridgehead atoms. The van der Waals surface area contributed by atoms with Gasteiger partial charge in [0.2, 0.25) is 0 Å². The Kier molecular flexibility index (Phi) is 7.97. The van der Waals surface area contributed by atoms with Crippen LogP contribution in [0.25, 0.3) is 0 Å². The van der Waals surface area contributed by atoms with Gasteiger partial charge in [-0.25, -0.2) is 0 Å². The van der Waals surface area contributed by atoms with E-state index in [1.54, 1.807) is 0 Å². The van der Waals surface area contributed by atoms with Gasteiger partial charge in [-0.2, -0.15) is 0 Å². The lowest BCUT2D eigenvalue weighted by molar-refractivity contribution is 0.193. The first-order chi connectivity index (χ1) is 8.67. The van der Waals surface area contributed by atoms with Gasteiger partial charge in [-0.05, 0) is 56.4 Å². The standard InChI is InChI=1S/C17H35N/c1-5-7-17(18-12-6-2)11-10-16-9-8-14(3)15(4)13-16/h14-18H,5-13H2,1-4H3. The average molecular weight is 253 g/mol. The molecule has 0 heterocycles. The summed E-state index contributed by atoms with van der Waals surface area (Å²) in [5.74, 6) is 2.93. The van der Waals surface area contributed by atoms with Crippen molar-refractivity contribution in [1.29, 1.82) is 0 Å². The van der Waals surface area contributed by atoms with Gasteiger partial charge in [0, 0.05) is 6.04 Å². The van der Waals surface area contributed by atoms with Crippen molar-refractivity contribution in [1.82, 2.24) is 5.32 Å². The fourth-order valence-electron chi connectivity index (χ4n) is 3.40. The van der Waals surface area contributed by atoms with Crippen molar-refractivity contribution in [3.63, 3.8) is 0 Å². The third kappa shape index (κ3) is 5.73. The van der Waals surface area contributed by atoms with Crippen LogP contribution in [0.2, 0.25) is 0 Å². The van der Waals surface area contributed by atoms with Crippen LogP contribution in [0.4, 0.5) is 0 Å². The van der Waals surface area contributed by atoms with Crippen molar-refractivity contribution in [3.05, 3.63) is 0 Å². The molecule has 0 aromatic heterocycles. The maximum atomic E-state index is 3.73. The predicted molar refractivity (Wildman–Crippen MR) is 81.9 cm³/mol. The largest absolute Gasteiger partial charge is 0.314 e. The minimum atomic E-state index is 0.782. The van der Waals surface area contributed by atoms with Crippen molar-refractivity contribution >= 4 is 0 Å². The molecule has 0 aromatic rings. The Morgan fingerprint density at radius 2 is 1.78 bits per heavy atom. The minimum absolute atomic E-state index is 0.782. The molecule has 1 rings (SSSR count). The van der Waals surface area contributed by atoms with E-state index in [4.69, 9.17) is 0 Å². The average Bonchev–Trinajstić information content (AvgIpc) is 2.37. The molecule has 4 atom stereocenters. The number of rotatable bonds is 8. The number of nitrogens with one attached hydrogen (secondary N) is 1. The Morgan fingerprint density at radius 1 is 1.00 bits per heavy atom. The predicted octanol–water partition coefficient (Wildman–Crippen LogP) is 5.01. The lowest BCUT2D eigenvalue weighted by Gasteiger charge is -2.33. The van der Waals surface area contributed by atoms with Crippen molar-refractivity contribution in [2.75, 3.05) is 6.54 Å². The van der Waals surface area contributed by atoms with Crippen LogP contribution in [0, 0.1) is 17.8 Å². The zero-order valence-corrected chi connectivity index (χ0v) is 13.2. The fourth-order valence-corrected chi connectivity index (χ4v) is 3.40. The van der Waals surface area contributed by atoms with Gasteiger partial charge in [-0.15, -0.1) is 0 Å². The normalized spacial score (nSPS) is 30.3. The van der Waals surface area contributed by atoms with Crippen molar-refractivity contribution in [2.45, 2.75) is 85.1 Å². The van der Waals surface area contributed by atoms with Crippen LogP contribution >= 0.6 is 0 Å². The Labute approximate surface area is 115 Å². The van der Waals surface area contributed by atoms with Crippen molar-refractivity contribution < 1.29 is 0 Å². The number of hydrogen-bond acceptors (Lipinski definition) is 1. The summed E-state index contributed by atoms with van der Waals surface area (Å²) in [7, 11) is 0. The van der Waals surface area contributed by atoms with Crippen LogP contribution in [0.1, 0.15) is 79.1 Å². The molecular weight excluding hydrogens is 218 g/mol. The topological polar surface area (TPSA) is 12.0 Å². The number of hydrogen-bond donors (Lipinski definition) is 1. The molecular formula is C17H35N. The van der Waals surface area contributed by atoms with Crippen molar-refractivity contribution in [2.24, 2.45) is 17.8 Å². The van der Waals surface area contributed by atoms with E-state index in [0.717, 1.165) is 23.8 Å². The third-order valence-corrected chi connectivity index (χ3v) is 4.95. The second kappa shape index (κ2) is 8.96. The highest BCUT2D eigenvalue weighted by Crippen LogP contribution is 2.35. The summed E-state index contributed by atoms with van der Waals surface area (Å²) in [4.78, 5) is 0. The second-order valence-electron chi connectivity index (χ2n) is 6.65. The molecule has 0 amide bonds. The van der Waals surface area contributed by atoms with E-state index in [9.17, 15) is 0 Å². The first-order valence-corrected chi connectivity index (χ1v) is 8.40. The van der Waals surface area contributed by atoms with E-state index in [0.29, 0.717) is 0 Å². The fraction of sp³-hybridized carbons (Fsp3) is 1.00. The first-order valence-electron chi connectivity index (χ1n) is 8.40. The van der Waals surface area contributed by atoms with Gasteiger partial charge >= 0.3 is 0 Å². The van der Waals surface area contributed by atoms with Crippen LogP contribution in [0.3, 0.4) is 0 Å². The molecule has 1 saturated carbocycles. The molecule has 1 heteroatoms. The van der Waals surface area contributed by atoms with Gasteiger partial charge in [0.05, 0.1) is 0 Å². The molecule has 0 aliphatic heterocycles. The molecule has 0 radical (unpaired) electrons.